The van der Waals surface area contributed by atoms with Gasteiger partial charge in [-0.05, 0) is 35.7 Å². The van der Waals surface area contributed by atoms with Crippen molar-refractivity contribution in [3.63, 3.8) is 0 Å². The van der Waals surface area contributed by atoms with Crippen molar-refractivity contribution in [2.24, 2.45) is 0 Å². The van der Waals surface area contributed by atoms with Crippen molar-refractivity contribution in [2.45, 2.75) is 6.61 Å². The summed E-state index contributed by atoms with van der Waals surface area (Å²) >= 11 is 8.76. The van der Waals surface area contributed by atoms with Crippen LogP contribution >= 0.6 is 34.3 Å². The van der Waals surface area contributed by atoms with Gasteiger partial charge in [0, 0.05) is 5.39 Å². The highest BCUT2D eigenvalue weighted by atomic mass is 35.5. The van der Waals surface area contributed by atoms with E-state index in [2.05, 4.69) is 15.0 Å². The molecule has 5 rings (SSSR count). The van der Waals surface area contributed by atoms with Gasteiger partial charge < -0.3 is 9.72 Å². The lowest BCUT2D eigenvalue weighted by Crippen LogP contribution is -2.14. The van der Waals surface area contributed by atoms with Crippen LogP contribution in [-0.2, 0) is 11.3 Å². The molecule has 1 N–H and O–H groups in total. The number of rotatable bonds is 4. The molecule has 1 aromatic carbocycles. The molecule has 4 heterocycles. The van der Waals surface area contributed by atoms with Crippen LogP contribution in [0.15, 0.2) is 58.7 Å². The Balaban J connectivity index is 1.49. The van der Waals surface area contributed by atoms with Gasteiger partial charge in [0.05, 0.1) is 31.5 Å². The van der Waals surface area contributed by atoms with E-state index < -0.39 is 5.97 Å². The predicted molar refractivity (Wildman–Crippen MR) is 119 cm³/mol. The number of thiophene rings is 2. The molecule has 30 heavy (non-hydrogen) atoms. The van der Waals surface area contributed by atoms with Crippen LogP contribution in [0, 0.1) is 0 Å². The first kappa shape index (κ1) is 18.9. The number of aromatic nitrogens is 3. The molecule has 6 nitrogen and oxygen atoms in total. The third-order valence-corrected chi connectivity index (χ3v) is 6.62. The van der Waals surface area contributed by atoms with Crippen LogP contribution in [0.25, 0.3) is 31.7 Å². The van der Waals surface area contributed by atoms with E-state index in [9.17, 15) is 9.59 Å². The number of nitrogens with one attached hydrogen (secondary N) is 1. The molecule has 0 saturated heterocycles. The Labute approximate surface area is 182 Å². The number of esters is 1. The number of nitrogens with zero attached hydrogens (tertiary/aromatic N) is 2. The Morgan fingerprint density at radius 2 is 1.97 bits per heavy atom. The van der Waals surface area contributed by atoms with Gasteiger partial charge in [-0.2, -0.15) is 0 Å². The highest BCUT2D eigenvalue weighted by Crippen LogP contribution is 2.32. The van der Waals surface area contributed by atoms with Crippen LogP contribution in [0.4, 0.5) is 0 Å². The van der Waals surface area contributed by atoms with E-state index in [0.29, 0.717) is 42.5 Å². The van der Waals surface area contributed by atoms with Gasteiger partial charge in [-0.15, -0.1) is 22.7 Å². The van der Waals surface area contributed by atoms with Crippen molar-refractivity contribution in [1.29, 1.82) is 0 Å². The number of carbonyl (C=O) groups is 1. The van der Waals surface area contributed by atoms with Gasteiger partial charge in [0.15, 0.2) is 0 Å². The second-order valence-corrected chi connectivity index (χ2v) is 9.03. The lowest BCUT2D eigenvalue weighted by molar-refractivity contribution is 0.0464. The van der Waals surface area contributed by atoms with E-state index >= 15 is 0 Å². The number of ether oxygens (including phenoxy) is 1. The molecule has 0 fully saturated rings. The summed E-state index contributed by atoms with van der Waals surface area (Å²) in [5, 5.41) is 2.48. The summed E-state index contributed by atoms with van der Waals surface area (Å²) in [6.45, 7) is -0.142. The highest BCUT2D eigenvalue weighted by molar-refractivity contribution is 7.19. The molecule has 0 spiro atoms. The monoisotopic (exact) mass is 453 g/mol. The molecule has 0 saturated carbocycles. The number of halogens is 1. The number of hydrogen-bond donors (Lipinski definition) is 1. The average Bonchev–Trinajstić information content (AvgIpc) is 3.40. The summed E-state index contributed by atoms with van der Waals surface area (Å²) in [4.78, 5) is 37.5. The maximum absolute atomic E-state index is 12.9. The fourth-order valence-electron chi connectivity index (χ4n) is 3.12. The zero-order chi connectivity index (χ0) is 20.7. The van der Waals surface area contributed by atoms with E-state index in [0.717, 1.165) is 4.88 Å². The molecule has 0 aliphatic heterocycles. The molecule has 0 aliphatic rings. The minimum absolute atomic E-state index is 0.142. The molecule has 0 unspecified atom stereocenters. The Morgan fingerprint density at radius 3 is 2.80 bits per heavy atom. The number of hydrogen-bond acceptors (Lipinski definition) is 7. The third kappa shape index (κ3) is 3.49. The quantitative estimate of drug-likeness (QED) is 0.374. The van der Waals surface area contributed by atoms with Crippen molar-refractivity contribution in [2.75, 3.05) is 0 Å². The van der Waals surface area contributed by atoms with Crippen molar-refractivity contribution >= 4 is 61.4 Å². The second kappa shape index (κ2) is 7.64. The fourth-order valence-corrected chi connectivity index (χ4v) is 4.85. The maximum Gasteiger partial charge on any atom is 0.339 e. The lowest BCUT2D eigenvalue weighted by atomic mass is 10.1. The molecular weight excluding hydrogens is 442 g/mol. The molecule has 0 atom stereocenters. The molecule has 0 amide bonds. The van der Waals surface area contributed by atoms with E-state index in [-0.39, 0.29) is 12.2 Å². The number of H-pyrrole nitrogens is 1. The van der Waals surface area contributed by atoms with Crippen molar-refractivity contribution < 1.29 is 9.53 Å². The van der Waals surface area contributed by atoms with Crippen LogP contribution in [0.2, 0.25) is 4.34 Å². The largest absolute Gasteiger partial charge is 0.454 e. The number of benzene rings is 1. The van der Waals surface area contributed by atoms with E-state index in [4.69, 9.17) is 16.3 Å². The highest BCUT2D eigenvalue weighted by Gasteiger charge is 2.17. The zero-order valence-corrected chi connectivity index (χ0v) is 17.6. The molecule has 9 heteroatoms. The van der Waals surface area contributed by atoms with Gasteiger partial charge in [-0.25, -0.2) is 14.8 Å². The minimum atomic E-state index is -0.523. The summed E-state index contributed by atoms with van der Waals surface area (Å²) < 4.78 is 6.67. The van der Waals surface area contributed by atoms with Crippen molar-refractivity contribution in [3.8, 4) is 10.6 Å². The summed E-state index contributed by atoms with van der Waals surface area (Å²) in [5.41, 5.74) is 2.05. The summed E-state index contributed by atoms with van der Waals surface area (Å²) in [7, 11) is 0. The maximum atomic E-state index is 12.9. The van der Waals surface area contributed by atoms with E-state index in [1.165, 1.54) is 22.7 Å². The smallest absolute Gasteiger partial charge is 0.339 e. The fraction of sp³-hybridized carbons (Fsp3) is 0.0476. The standard InChI is InChI=1S/C21H12ClN3O3S2/c22-17-6-5-16(30-17)15-9-12(11-3-1-2-4-13(11)23-15)21(27)28-10-18-24-14-7-8-29-19(14)20(26)25-18/h1-9H,10H2,(H,24,25,26). The molecule has 0 radical (unpaired) electrons. The SMILES string of the molecule is O=C(OCc1nc2ccsc2c(=O)[nH]1)c1cc(-c2ccc(Cl)s2)nc2ccccc12. The van der Waals surface area contributed by atoms with Gasteiger partial charge in [0.2, 0.25) is 0 Å². The molecular formula is C21H12ClN3O3S2. The first-order valence-corrected chi connectivity index (χ1v) is 10.9. The van der Waals surface area contributed by atoms with Crippen LogP contribution in [0.1, 0.15) is 16.2 Å². The van der Waals surface area contributed by atoms with Crippen molar-refractivity contribution in [1.82, 2.24) is 15.0 Å². The third-order valence-electron chi connectivity index (χ3n) is 4.47. The molecule has 5 aromatic rings. The van der Waals surface area contributed by atoms with Crippen LogP contribution in [0.3, 0.4) is 0 Å². The Morgan fingerprint density at radius 1 is 1.10 bits per heavy atom. The first-order chi connectivity index (χ1) is 14.6. The predicted octanol–water partition coefficient (Wildman–Crippen LogP) is 5.27. The minimum Gasteiger partial charge on any atom is -0.454 e. The molecule has 4 aromatic heterocycles. The topological polar surface area (TPSA) is 84.9 Å². The van der Waals surface area contributed by atoms with Crippen LogP contribution in [0.5, 0.6) is 0 Å². The zero-order valence-electron chi connectivity index (χ0n) is 15.2. The van der Waals surface area contributed by atoms with Crippen LogP contribution in [-0.4, -0.2) is 20.9 Å². The second-order valence-electron chi connectivity index (χ2n) is 6.40. The van der Waals surface area contributed by atoms with Crippen LogP contribution < -0.4 is 5.56 Å². The van der Waals surface area contributed by atoms with Gasteiger partial charge >= 0.3 is 5.97 Å². The van der Waals surface area contributed by atoms with Crippen molar-refractivity contribution in [3.05, 3.63) is 80.0 Å². The average molecular weight is 454 g/mol. The lowest BCUT2D eigenvalue weighted by Gasteiger charge is -2.09. The number of para-hydroxylation sites is 1. The molecule has 148 valence electrons. The number of aromatic amines is 1. The summed E-state index contributed by atoms with van der Waals surface area (Å²) in [5.74, 6) is -0.228. The Hall–Kier alpha value is -3.07. The number of fused-ring (bicyclic) bond motifs is 2. The Bertz CT molecular complexity index is 1470. The van der Waals surface area contributed by atoms with Gasteiger partial charge in [-0.3, -0.25) is 4.79 Å². The van der Waals surface area contributed by atoms with Gasteiger partial charge in [-0.1, -0.05) is 29.8 Å². The first-order valence-electron chi connectivity index (χ1n) is 8.87. The van der Waals surface area contributed by atoms with E-state index in [1.54, 1.807) is 23.6 Å². The molecule has 0 bridgehead atoms. The number of carbonyl (C=O) groups excluding carboxylic acids is 1. The van der Waals surface area contributed by atoms with E-state index in [1.807, 2.05) is 30.3 Å². The summed E-state index contributed by atoms with van der Waals surface area (Å²) in [6.07, 6.45) is 0. The summed E-state index contributed by atoms with van der Waals surface area (Å²) in [6, 6.07) is 14.5. The normalized spacial score (nSPS) is 11.2. The molecule has 0 aliphatic carbocycles. The van der Waals surface area contributed by atoms with Gasteiger partial charge in [0.1, 0.15) is 17.1 Å². The Kier molecular flexibility index (Phi) is 4.82. The number of pyridine rings is 1. The van der Waals surface area contributed by atoms with Gasteiger partial charge in [0.25, 0.3) is 5.56 Å².